The Balaban J connectivity index is 2.75. The number of pyridine rings is 1. The van der Waals surface area contributed by atoms with Gasteiger partial charge in [-0.05, 0) is 23.1 Å². The minimum atomic E-state index is 0.00744. The van der Waals surface area contributed by atoms with Crippen LogP contribution in [-0.2, 0) is 6.61 Å². The molecule has 2 rings (SSSR count). The molecule has 1 N–H and O–H groups in total. The fraction of sp³-hybridized carbons (Fsp3) is 0.100. The highest BCUT2D eigenvalue weighted by atomic mass is 35.5. The fourth-order valence-corrected chi connectivity index (χ4v) is 1.84. The lowest BCUT2D eigenvalue weighted by molar-refractivity contribution is 0.282. The average Bonchev–Trinajstić information content (AvgIpc) is 2.16. The quantitative estimate of drug-likeness (QED) is 0.761. The van der Waals surface area contributed by atoms with Crippen LogP contribution in [0.3, 0.4) is 0 Å². The van der Waals surface area contributed by atoms with Crippen LogP contribution < -0.4 is 0 Å². The van der Waals surface area contributed by atoms with Crippen LogP contribution in [0.25, 0.3) is 10.8 Å². The highest BCUT2D eigenvalue weighted by Gasteiger charge is 2.03. The van der Waals surface area contributed by atoms with Crippen LogP contribution in [0.2, 0.25) is 10.3 Å². The molecule has 2 nitrogen and oxygen atoms in total. The molecule has 0 aliphatic heterocycles. The van der Waals surface area contributed by atoms with Crippen molar-refractivity contribution in [3.63, 3.8) is 0 Å². The molecular weight excluding hydrogens is 221 g/mol. The predicted octanol–water partition coefficient (Wildman–Crippen LogP) is 3.03. The van der Waals surface area contributed by atoms with Crippen LogP contribution in [0.4, 0.5) is 0 Å². The monoisotopic (exact) mass is 227 g/mol. The van der Waals surface area contributed by atoms with Crippen molar-refractivity contribution in [2.45, 2.75) is 6.61 Å². The molecule has 0 bridgehead atoms. The van der Waals surface area contributed by atoms with Crippen molar-refractivity contribution in [1.82, 2.24) is 4.98 Å². The van der Waals surface area contributed by atoms with Crippen LogP contribution >= 0.6 is 23.2 Å². The largest absolute Gasteiger partial charge is 0.392 e. The second kappa shape index (κ2) is 3.73. The summed E-state index contributed by atoms with van der Waals surface area (Å²) >= 11 is 11.7. The number of benzene rings is 1. The summed E-state index contributed by atoms with van der Waals surface area (Å²) in [5, 5.41) is 11.4. The predicted molar refractivity (Wildman–Crippen MR) is 57.7 cm³/mol. The van der Waals surface area contributed by atoms with E-state index in [0.29, 0.717) is 10.3 Å². The van der Waals surface area contributed by atoms with Crippen molar-refractivity contribution < 1.29 is 5.11 Å². The lowest BCUT2D eigenvalue weighted by Gasteiger charge is -2.02. The Morgan fingerprint density at radius 2 is 2.00 bits per heavy atom. The number of aliphatic hydroxyl groups is 1. The van der Waals surface area contributed by atoms with Crippen LogP contribution in [0.1, 0.15) is 5.56 Å². The lowest BCUT2D eigenvalue weighted by Crippen LogP contribution is -1.85. The van der Waals surface area contributed by atoms with Crippen LogP contribution in [-0.4, -0.2) is 10.1 Å². The highest BCUT2D eigenvalue weighted by Crippen LogP contribution is 2.25. The van der Waals surface area contributed by atoms with Gasteiger partial charge in [0.15, 0.2) is 0 Å². The third-order valence-corrected chi connectivity index (χ3v) is 2.48. The maximum atomic E-state index is 8.95. The first-order valence-electron chi connectivity index (χ1n) is 4.06. The lowest BCUT2D eigenvalue weighted by atomic mass is 10.1. The van der Waals surface area contributed by atoms with E-state index in [1.165, 1.54) is 0 Å². The van der Waals surface area contributed by atoms with Crippen LogP contribution in [0.15, 0.2) is 24.3 Å². The number of hydrogen-bond acceptors (Lipinski definition) is 2. The topological polar surface area (TPSA) is 33.1 Å². The standard InChI is InChI=1S/C10H7Cl2NO/c11-9-4-7-3-6(5-14)1-2-8(7)10(12)13-9/h1-4,14H,5H2. The Morgan fingerprint density at radius 1 is 1.21 bits per heavy atom. The van der Waals surface area contributed by atoms with E-state index in [1.54, 1.807) is 6.07 Å². The number of halogens is 2. The first kappa shape index (κ1) is 9.71. The molecule has 0 aliphatic carbocycles. The first-order valence-corrected chi connectivity index (χ1v) is 4.82. The molecule has 1 heterocycles. The average molecular weight is 228 g/mol. The van der Waals surface area contributed by atoms with Crippen molar-refractivity contribution >= 4 is 34.0 Å². The molecule has 0 atom stereocenters. The molecule has 1 aromatic heterocycles. The van der Waals surface area contributed by atoms with E-state index < -0.39 is 0 Å². The van der Waals surface area contributed by atoms with E-state index in [4.69, 9.17) is 28.3 Å². The Bertz CT molecular complexity index is 485. The summed E-state index contributed by atoms with van der Waals surface area (Å²) in [7, 11) is 0. The van der Waals surface area contributed by atoms with Gasteiger partial charge < -0.3 is 5.11 Å². The molecule has 0 radical (unpaired) electrons. The number of aromatic nitrogens is 1. The molecule has 0 aliphatic rings. The zero-order valence-electron chi connectivity index (χ0n) is 7.17. The normalized spacial score (nSPS) is 10.8. The third-order valence-electron chi connectivity index (χ3n) is 2.00. The first-order chi connectivity index (χ1) is 6.70. The molecule has 2 aromatic rings. The van der Waals surface area contributed by atoms with E-state index >= 15 is 0 Å². The number of hydrogen-bond donors (Lipinski definition) is 1. The smallest absolute Gasteiger partial charge is 0.138 e. The fourth-order valence-electron chi connectivity index (χ4n) is 1.33. The minimum absolute atomic E-state index is 0.00744. The number of fused-ring (bicyclic) bond motifs is 1. The van der Waals surface area contributed by atoms with Crippen molar-refractivity contribution in [3.05, 3.63) is 40.1 Å². The Kier molecular flexibility index (Phi) is 2.59. The van der Waals surface area contributed by atoms with Crippen molar-refractivity contribution in [1.29, 1.82) is 0 Å². The van der Waals surface area contributed by atoms with Gasteiger partial charge in [-0.15, -0.1) is 0 Å². The molecule has 0 amide bonds. The summed E-state index contributed by atoms with van der Waals surface area (Å²) in [5.74, 6) is 0. The molecule has 72 valence electrons. The molecule has 0 unspecified atom stereocenters. The van der Waals surface area contributed by atoms with Gasteiger partial charge in [0.05, 0.1) is 6.61 Å². The number of aliphatic hydroxyl groups excluding tert-OH is 1. The Labute approximate surface area is 91.1 Å². The van der Waals surface area contributed by atoms with Gasteiger partial charge in [-0.3, -0.25) is 0 Å². The minimum Gasteiger partial charge on any atom is -0.392 e. The Hall–Kier alpha value is -0.830. The van der Waals surface area contributed by atoms with Gasteiger partial charge in [0.1, 0.15) is 10.3 Å². The summed E-state index contributed by atoms with van der Waals surface area (Å²) in [6.07, 6.45) is 0. The van der Waals surface area contributed by atoms with Crippen molar-refractivity contribution in [2.24, 2.45) is 0 Å². The summed E-state index contributed by atoms with van der Waals surface area (Å²) in [4.78, 5) is 3.93. The second-order valence-corrected chi connectivity index (χ2v) is 3.69. The SMILES string of the molecule is OCc1ccc2c(Cl)nc(Cl)cc2c1. The van der Waals surface area contributed by atoms with Gasteiger partial charge >= 0.3 is 0 Å². The van der Waals surface area contributed by atoms with E-state index in [-0.39, 0.29) is 6.61 Å². The zero-order chi connectivity index (χ0) is 10.1. The van der Waals surface area contributed by atoms with E-state index in [2.05, 4.69) is 4.98 Å². The summed E-state index contributed by atoms with van der Waals surface area (Å²) < 4.78 is 0. The molecule has 1 aromatic carbocycles. The van der Waals surface area contributed by atoms with E-state index in [9.17, 15) is 0 Å². The molecular formula is C10H7Cl2NO. The highest BCUT2D eigenvalue weighted by molar-refractivity contribution is 6.36. The van der Waals surface area contributed by atoms with Gasteiger partial charge in [0.2, 0.25) is 0 Å². The molecule has 4 heteroatoms. The maximum absolute atomic E-state index is 8.95. The van der Waals surface area contributed by atoms with Gasteiger partial charge in [0, 0.05) is 5.39 Å². The van der Waals surface area contributed by atoms with Crippen LogP contribution in [0, 0.1) is 0 Å². The van der Waals surface area contributed by atoms with E-state index in [1.807, 2.05) is 18.2 Å². The van der Waals surface area contributed by atoms with Crippen molar-refractivity contribution in [2.75, 3.05) is 0 Å². The number of nitrogens with zero attached hydrogens (tertiary/aromatic N) is 1. The van der Waals surface area contributed by atoms with E-state index in [0.717, 1.165) is 16.3 Å². The maximum Gasteiger partial charge on any atom is 0.138 e. The summed E-state index contributed by atoms with van der Waals surface area (Å²) in [5.41, 5.74) is 0.829. The molecule has 0 spiro atoms. The van der Waals surface area contributed by atoms with Gasteiger partial charge in [-0.1, -0.05) is 35.3 Å². The number of rotatable bonds is 1. The molecule has 14 heavy (non-hydrogen) atoms. The summed E-state index contributed by atoms with van der Waals surface area (Å²) in [6, 6.07) is 7.20. The van der Waals surface area contributed by atoms with Gasteiger partial charge in [0.25, 0.3) is 0 Å². The molecule has 0 saturated heterocycles. The molecule has 0 saturated carbocycles. The van der Waals surface area contributed by atoms with Gasteiger partial charge in [-0.2, -0.15) is 0 Å². The zero-order valence-corrected chi connectivity index (χ0v) is 8.68. The Morgan fingerprint density at radius 3 is 2.71 bits per heavy atom. The van der Waals surface area contributed by atoms with Crippen molar-refractivity contribution in [3.8, 4) is 0 Å². The summed E-state index contributed by atoms with van der Waals surface area (Å²) in [6.45, 7) is 0.00744. The third kappa shape index (κ3) is 1.69. The van der Waals surface area contributed by atoms with Crippen LogP contribution in [0.5, 0.6) is 0 Å². The molecule has 0 fully saturated rings. The van der Waals surface area contributed by atoms with Gasteiger partial charge in [-0.25, -0.2) is 4.98 Å². The second-order valence-electron chi connectivity index (χ2n) is 2.95.